The van der Waals surface area contributed by atoms with E-state index in [2.05, 4.69) is 4.98 Å². The van der Waals surface area contributed by atoms with Crippen LogP contribution in [-0.4, -0.2) is 30.7 Å². The van der Waals surface area contributed by atoms with Crippen molar-refractivity contribution >= 4 is 16.5 Å². The van der Waals surface area contributed by atoms with Crippen molar-refractivity contribution in [3.8, 4) is 0 Å². The summed E-state index contributed by atoms with van der Waals surface area (Å²) < 4.78 is 0. The van der Waals surface area contributed by atoms with E-state index >= 15 is 0 Å². The molecule has 0 spiro atoms. The largest absolute Gasteiger partial charge is 0.386 e. The predicted octanol–water partition coefficient (Wildman–Crippen LogP) is 0.510. The molecular weight excluding hydrogens is 186 g/mol. The number of aromatic nitrogens is 1. The lowest BCUT2D eigenvalue weighted by atomic mass is 10.2. The molecule has 13 heavy (non-hydrogen) atoms. The second kappa shape index (κ2) is 4.04. The first-order valence-electron chi connectivity index (χ1n) is 4.09. The van der Waals surface area contributed by atoms with Crippen LogP contribution < -0.4 is 10.6 Å². The maximum atomic E-state index is 9.53. The molecule has 0 unspecified atom stereocenters. The molecule has 0 aliphatic heterocycles. The second-order valence-electron chi connectivity index (χ2n) is 3.09. The van der Waals surface area contributed by atoms with E-state index in [1.54, 1.807) is 0 Å². The molecule has 0 fully saturated rings. The lowest BCUT2D eigenvalue weighted by Crippen LogP contribution is -2.11. The molecule has 1 atom stereocenters. The highest BCUT2D eigenvalue weighted by Crippen LogP contribution is 2.28. The molecular formula is C8H15N3OS. The summed E-state index contributed by atoms with van der Waals surface area (Å²) in [5.74, 6) is 0. The van der Waals surface area contributed by atoms with Gasteiger partial charge in [0.05, 0.1) is 10.6 Å². The Labute approximate surface area is 82.0 Å². The summed E-state index contributed by atoms with van der Waals surface area (Å²) in [6.45, 7) is 2.13. The molecule has 0 aromatic carbocycles. The van der Waals surface area contributed by atoms with Crippen molar-refractivity contribution < 1.29 is 5.11 Å². The third-order valence-electron chi connectivity index (χ3n) is 1.73. The van der Waals surface area contributed by atoms with Gasteiger partial charge in [0.15, 0.2) is 5.13 Å². The number of anilines is 1. The predicted molar refractivity (Wildman–Crippen MR) is 55.2 cm³/mol. The van der Waals surface area contributed by atoms with Gasteiger partial charge >= 0.3 is 0 Å². The number of nitrogens with two attached hydrogens (primary N) is 1. The van der Waals surface area contributed by atoms with Crippen LogP contribution in [-0.2, 0) is 0 Å². The molecule has 4 nitrogen and oxygen atoms in total. The summed E-state index contributed by atoms with van der Waals surface area (Å²) in [6.07, 6.45) is -0.578. The van der Waals surface area contributed by atoms with Gasteiger partial charge in [-0.05, 0) is 6.92 Å². The molecule has 0 aliphatic rings. The molecule has 3 N–H and O–H groups in total. The van der Waals surface area contributed by atoms with Crippen LogP contribution in [0.25, 0.3) is 0 Å². The van der Waals surface area contributed by atoms with Crippen LogP contribution in [0.2, 0.25) is 0 Å². The molecule has 0 amide bonds. The molecule has 1 aromatic heterocycles. The van der Waals surface area contributed by atoms with Gasteiger partial charge in [0, 0.05) is 20.6 Å². The minimum atomic E-state index is -0.578. The van der Waals surface area contributed by atoms with Gasteiger partial charge in [-0.25, -0.2) is 4.98 Å². The Kier molecular flexibility index (Phi) is 3.24. The molecule has 1 rings (SSSR count). The summed E-state index contributed by atoms with van der Waals surface area (Å²) in [5.41, 5.74) is 6.24. The van der Waals surface area contributed by atoms with Crippen molar-refractivity contribution in [1.82, 2.24) is 4.98 Å². The van der Waals surface area contributed by atoms with Gasteiger partial charge in [-0.1, -0.05) is 11.3 Å². The number of rotatable bonds is 3. The number of aliphatic hydroxyl groups is 1. The number of aliphatic hydroxyl groups excluding tert-OH is 1. The van der Waals surface area contributed by atoms with Gasteiger partial charge in [-0.2, -0.15) is 0 Å². The van der Waals surface area contributed by atoms with Crippen molar-refractivity contribution in [2.24, 2.45) is 5.73 Å². The maximum absolute atomic E-state index is 9.53. The van der Waals surface area contributed by atoms with Crippen molar-refractivity contribution in [2.45, 2.75) is 13.0 Å². The highest BCUT2D eigenvalue weighted by molar-refractivity contribution is 7.15. The summed E-state index contributed by atoms with van der Waals surface area (Å²) in [5, 5.41) is 10.4. The normalized spacial score (nSPS) is 13.0. The summed E-state index contributed by atoms with van der Waals surface area (Å²) in [6, 6.07) is 0. The smallest absolute Gasteiger partial charge is 0.185 e. The van der Waals surface area contributed by atoms with Crippen LogP contribution in [0, 0.1) is 6.92 Å². The molecule has 5 heteroatoms. The molecule has 0 saturated heterocycles. The first-order chi connectivity index (χ1) is 6.06. The fourth-order valence-electron chi connectivity index (χ4n) is 1.00. The number of nitrogens with zero attached hydrogens (tertiary/aromatic N) is 2. The van der Waals surface area contributed by atoms with Crippen LogP contribution in [0.15, 0.2) is 0 Å². The van der Waals surface area contributed by atoms with Gasteiger partial charge in [-0.3, -0.25) is 0 Å². The highest BCUT2D eigenvalue weighted by Gasteiger charge is 2.14. The van der Waals surface area contributed by atoms with Crippen molar-refractivity contribution in [3.63, 3.8) is 0 Å². The average molecular weight is 201 g/mol. The van der Waals surface area contributed by atoms with E-state index in [0.29, 0.717) is 0 Å². The standard InChI is InChI=1S/C8H15N3OS/c1-5-7(6(12)4-9)13-8(10-5)11(2)3/h6,12H,4,9H2,1-3H3/t6-/m1/s1. The van der Waals surface area contributed by atoms with Gasteiger partial charge < -0.3 is 15.7 Å². The molecule has 0 aliphatic carbocycles. The minimum absolute atomic E-state index is 0.246. The zero-order chi connectivity index (χ0) is 10.0. The molecule has 74 valence electrons. The van der Waals surface area contributed by atoms with Gasteiger partial charge in [0.1, 0.15) is 6.10 Å². The van der Waals surface area contributed by atoms with Crippen LogP contribution in [0.4, 0.5) is 5.13 Å². The Balaban J connectivity index is 2.96. The first kappa shape index (κ1) is 10.4. The van der Waals surface area contributed by atoms with Crippen LogP contribution in [0.1, 0.15) is 16.7 Å². The SMILES string of the molecule is Cc1nc(N(C)C)sc1[C@H](O)CN. The van der Waals surface area contributed by atoms with E-state index in [0.717, 1.165) is 15.7 Å². The van der Waals surface area contributed by atoms with Crippen LogP contribution in [0.5, 0.6) is 0 Å². The van der Waals surface area contributed by atoms with E-state index in [1.165, 1.54) is 11.3 Å². The van der Waals surface area contributed by atoms with Gasteiger partial charge in [-0.15, -0.1) is 0 Å². The third-order valence-corrected chi connectivity index (χ3v) is 3.16. The zero-order valence-corrected chi connectivity index (χ0v) is 8.93. The fraction of sp³-hybridized carbons (Fsp3) is 0.625. The monoisotopic (exact) mass is 201 g/mol. The quantitative estimate of drug-likeness (QED) is 0.748. The second-order valence-corrected chi connectivity index (χ2v) is 4.10. The number of aryl methyl sites for hydroxylation is 1. The van der Waals surface area contributed by atoms with E-state index in [-0.39, 0.29) is 6.54 Å². The summed E-state index contributed by atoms with van der Waals surface area (Å²) >= 11 is 1.49. The number of hydrogen-bond acceptors (Lipinski definition) is 5. The average Bonchev–Trinajstić information content (AvgIpc) is 2.46. The van der Waals surface area contributed by atoms with E-state index < -0.39 is 6.10 Å². The van der Waals surface area contributed by atoms with E-state index in [4.69, 9.17) is 5.73 Å². The Morgan fingerprint density at radius 3 is 2.62 bits per heavy atom. The maximum Gasteiger partial charge on any atom is 0.185 e. The van der Waals surface area contributed by atoms with E-state index in [9.17, 15) is 5.11 Å². The topological polar surface area (TPSA) is 62.4 Å². The van der Waals surface area contributed by atoms with Crippen molar-refractivity contribution in [2.75, 3.05) is 25.5 Å². The Bertz CT molecular complexity index is 285. The molecule has 1 aromatic rings. The number of hydrogen-bond donors (Lipinski definition) is 2. The van der Waals surface area contributed by atoms with Crippen LogP contribution in [0.3, 0.4) is 0 Å². The molecule has 0 bridgehead atoms. The minimum Gasteiger partial charge on any atom is -0.386 e. The summed E-state index contributed by atoms with van der Waals surface area (Å²) in [7, 11) is 3.85. The Hall–Kier alpha value is -0.650. The molecule has 0 radical (unpaired) electrons. The lowest BCUT2D eigenvalue weighted by molar-refractivity contribution is 0.189. The molecule has 0 saturated carbocycles. The van der Waals surface area contributed by atoms with Crippen LogP contribution >= 0.6 is 11.3 Å². The van der Waals surface area contributed by atoms with E-state index in [1.807, 2.05) is 25.9 Å². The number of thiazole rings is 1. The zero-order valence-electron chi connectivity index (χ0n) is 8.11. The first-order valence-corrected chi connectivity index (χ1v) is 4.90. The lowest BCUT2D eigenvalue weighted by Gasteiger charge is -2.06. The fourth-order valence-corrected chi connectivity index (χ4v) is 1.99. The Morgan fingerprint density at radius 1 is 1.62 bits per heavy atom. The third kappa shape index (κ3) is 2.18. The Morgan fingerprint density at radius 2 is 2.23 bits per heavy atom. The van der Waals surface area contributed by atoms with Crippen molar-refractivity contribution in [1.29, 1.82) is 0 Å². The van der Waals surface area contributed by atoms with Gasteiger partial charge in [0.25, 0.3) is 0 Å². The van der Waals surface area contributed by atoms with Gasteiger partial charge in [0.2, 0.25) is 0 Å². The molecule has 1 heterocycles. The highest BCUT2D eigenvalue weighted by atomic mass is 32.1. The summed E-state index contributed by atoms with van der Waals surface area (Å²) in [4.78, 5) is 7.10. The van der Waals surface area contributed by atoms with Crippen molar-refractivity contribution in [3.05, 3.63) is 10.6 Å².